The highest BCUT2D eigenvalue weighted by molar-refractivity contribution is 6.03. The van der Waals surface area contributed by atoms with Crippen molar-refractivity contribution >= 4 is 17.3 Å². The fourth-order valence-electron chi connectivity index (χ4n) is 2.20. The maximum atomic E-state index is 12.4. The SMILES string of the molecule is COc1ccc(NC(=O)c2cc(NCCN(C)C)ccn2)cc1OC. The Morgan fingerprint density at radius 1 is 1.08 bits per heavy atom. The summed E-state index contributed by atoms with van der Waals surface area (Å²) in [6, 6.07) is 8.75. The molecule has 7 heteroatoms. The molecule has 7 nitrogen and oxygen atoms in total. The summed E-state index contributed by atoms with van der Waals surface area (Å²) >= 11 is 0. The van der Waals surface area contributed by atoms with Crippen molar-refractivity contribution in [3.05, 3.63) is 42.2 Å². The van der Waals surface area contributed by atoms with Gasteiger partial charge in [-0.1, -0.05) is 0 Å². The number of carbonyl (C=O) groups is 1. The maximum absolute atomic E-state index is 12.4. The molecule has 0 aliphatic heterocycles. The minimum Gasteiger partial charge on any atom is -0.493 e. The van der Waals surface area contributed by atoms with Crippen LogP contribution in [0.1, 0.15) is 10.5 Å². The Hall–Kier alpha value is -2.80. The highest BCUT2D eigenvalue weighted by Crippen LogP contribution is 2.29. The summed E-state index contributed by atoms with van der Waals surface area (Å²) in [5.41, 5.74) is 1.80. The van der Waals surface area contributed by atoms with Crippen LogP contribution < -0.4 is 20.1 Å². The normalized spacial score (nSPS) is 10.4. The molecule has 0 fully saturated rings. The number of hydrogen-bond acceptors (Lipinski definition) is 6. The van der Waals surface area contributed by atoms with Gasteiger partial charge in [0.25, 0.3) is 5.91 Å². The third kappa shape index (κ3) is 5.36. The van der Waals surface area contributed by atoms with Crippen LogP contribution in [0.2, 0.25) is 0 Å². The van der Waals surface area contributed by atoms with Gasteiger partial charge in [-0.3, -0.25) is 9.78 Å². The minimum atomic E-state index is -0.288. The van der Waals surface area contributed by atoms with Crippen LogP contribution in [0.4, 0.5) is 11.4 Å². The zero-order chi connectivity index (χ0) is 18.2. The molecule has 0 spiro atoms. The predicted octanol–water partition coefficient (Wildman–Crippen LogP) is 2.32. The summed E-state index contributed by atoms with van der Waals surface area (Å²) in [5.74, 6) is 0.863. The second kappa shape index (κ2) is 8.89. The molecule has 0 aliphatic carbocycles. The van der Waals surface area contributed by atoms with Crippen LogP contribution in [0.15, 0.2) is 36.5 Å². The van der Waals surface area contributed by atoms with E-state index in [-0.39, 0.29) is 5.91 Å². The summed E-state index contributed by atoms with van der Waals surface area (Å²) in [5, 5.41) is 6.08. The van der Waals surface area contributed by atoms with E-state index in [2.05, 4.69) is 20.5 Å². The molecule has 0 saturated heterocycles. The van der Waals surface area contributed by atoms with Crippen molar-refractivity contribution in [2.75, 3.05) is 52.0 Å². The number of nitrogens with one attached hydrogen (secondary N) is 2. The Bertz CT molecular complexity index is 719. The van der Waals surface area contributed by atoms with Gasteiger partial charge in [-0.25, -0.2) is 0 Å². The number of ether oxygens (including phenoxy) is 2. The number of hydrogen-bond donors (Lipinski definition) is 2. The average molecular weight is 344 g/mol. The lowest BCUT2D eigenvalue weighted by molar-refractivity contribution is 0.102. The number of amides is 1. The van der Waals surface area contributed by atoms with Gasteiger partial charge < -0.3 is 25.0 Å². The van der Waals surface area contributed by atoms with Gasteiger partial charge in [-0.2, -0.15) is 0 Å². The third-order valence-electron chi connectivity index (χ3n) is 3.52. The van der Waals surface area contributed by atoms with Gasteiger partial charge in [0.15, 0.2) is 11.5 Å². The molecular weight excluding hydrogens is 320 g/mol. The van der Waals surface area contributed by atoms with E-state index < -0.39 is 0 Å². The van der Waals surface area contributed by atoms with Crippen LogP contribution in [-0.4, -0.2) is 57.2 Å². The number of anilines is 2. The first kappa shape index (κ1) is 18.5. The standard InChI is InChI=1S/C18H24N4O3/c1-22(2)10-9-19-13-7-8-20-15(11-13)18(23)21-14-5-6-16(24-3)17(12-14)25-4/h5-8,11-12H,9-10H2,1-4H3,(H,19,20)(H,21,23). The molecule has 0 radical (unpaired) electrons. The first-order valence-corrected chi connectivity index (χ1v) is 7.91. The van der Waals surface area contributed by atoms with Gasteiger partial charge in [0.2, 0.25) is 0 Å². The van der Waals surface area contributed by atoms with Gasteiger partial charge >= 0.3 is 0 Å². The van der Waals surface area contributed by atoms with E-state index in [1.807, 2.05) is 20.2 Å². The average Bonchev–Trinajstić information content (AvgIpc) is 2.61. The number of nitrogens with zero attached hydrogens (tertiary/aromatic N) is 2. The van der Waals surface area contributed by atoms with E-state index in [1.54, 1.807) is 44.7 Å². The lowest BCUT2D eigenvalue weighted by Crippen LogP contribution is -2.21. The number of likely N-dealkylation sites (N-methyl/N-ethyl adjacent to an activating group) is 1. The van der Waals surface area contributed by atoms with Crippen LogP contribution in [0, 0.1) is 0 Å². The van der Waals surface area contributed by atoms with Crippen molar-refractivity contribution < 1.29 is 14.3 Å². The molecule has 0 saturated carbocycles. The van der Waals surface area contributed by atoms with Crippen LogP contribution in [-0.2, 0) is 0 Å². The van der Waals surface area contributed by atoms with Crippen molar-refractivity contribution in [1.29, 1.82) is 0 Å². The Kier molecular flexibility index (Phi) is 6.59. The summed E-state index contributed by atoms with van der Waals surface area (Å²) in [4.78, 5) is 18.6. The molecule has 2 rings (SSSR count). The van der Waals surface area contributed by atoms with E-state index in [4.69, 9.17) is 9.47 Å². The highest BCUT2D eigenvalue weighted by atomic mass is 16.5. The number of pyridine rings is 1. The highest BCUT2D eigenvalue weighted by Gasteiger charge is 2.11. The second-order valence-corrected chi connectivity index (χ2v) is 5.68. The first-order chi connectivity index (χ1) is 12.0. The third-order valence-corrected chi connectivity index (χ3v) is 3.52. The van der Waals surface area contributed by atoms with E-state index in [9.17, 15) is 4.79 Å². The molecule has 0 atom stereocenters. The molecule has 25 heavy (non-hydrogen) atoms. The Labute approximate surface area is 148 Å². The zero-order valence-electron chi connectivity index (χ0n) is 15.0. The smallest absolute Gasteiger partial charge is 0.274 e. The summed E-state index contributed by atoms with van der Waals surface area (Å²) in [7, 11) is 7.13. The van der Waals surface area contributed by atoms with E-state index >= 15 is 0 Å². The fraction of sp³-hybridized carbons (Fsp3) is 0.333. The number of methoxy groups -OCH3 is 2. The largest absolute Gasteiger partial charge is 0.493 e. The number of carbonyl (C=O) groups excluding carboxylic acids is 1. The topological polar surface area (TPSA) is 75.7 Å². The summed E-state index contributed by atoms with van der Waals surface area (Å²) in [6.07, 6.45) is 1.61. The Balaban J connectivity index is 2.05. The van der Waals surface area contributed by atoms with Crippen LogP contribution in [0.25, 0.3) is 0 Å². The van der Waals surface area contributed by atoms with Crippen molar-refractivity contribution in [3.63, 3.8) is 0 Å². The first-order valence-electron chi connectivity index (χ1n) is 7.91. The molecule has 1 amide bonds. The van der Waals surface area contributed by atoms with Gasteiger partial charge in [-0.15, -0.1) is 0 Å². The summed E-state index contributed by atoms with van der Waals surface area (Å²) < 4.78 is 10.4. The Morgan fingerprint density at radius 3 is 2.52 bits per heavy atom. The zero-order valence-corrected chi connectivity index (χ0v) is 15.0. The molecule has 0 aliphatic rings. The Morgan fingerprint density at radius 2 is 1.84 bits per heavy atom. The maximum Gasteiger partial charge on any atom is 0.274 e. The predicted molar refractivity (Wildman–Crippen MR) is 98.8 cm³/mol. The van der Waals surface area contributed by atoms with Crippen molar-refractivity contribution in [3.8, 4) is 11.5 Å². The molecule has 2 N–H and O–H groups in total. The van der Waals surface area contributed by atoms with E-state index in [1.165, 1.54) is 0 Å². The van der Waals surface area contributed by atoms with Crippen LogP contribution in [0.5, 0.6) is 11.5 Å². The van der Waals surface area contributed by atoms with E-state index in [0.29, 0.717) is 22.9 Å². The van der Waals surface area contributed by atoms with Crippen LogP contribution in [0.3, 0.4) is 0 Å². The summed E-state index contributed by atoms with van der Waals surface area (Å²) in [6.45, 7) is 1.68. The molecular formula is C18H24N4O3. The van der Waals surface area contributed by atoms with Gasteiger partial charge in [0.05, 0.1) is 14.2 Å². The van der Waals surface area contributed by atoms with E-state index in [0.717, 1.165) is 18.8 Å². The minimum absolute atomic E-state index is 0.288. The monoisotopic (exact) mass is 344 g/mol. The second-order valence-electron chi connectivity index (χ2n) is 5.68. The van der Waals surface area contributed by atoms with Gasteiger partial charge in [-0.05, 0) is 38.4 Å². The molecule has 1 aromatic carbocycles. The fourth-order valence-corrected chi connectivity index (χ4v) is 2.20. The lowest BCUT2D eigenvalue weighted by atomic mass is 10.2. The van der Waals surface area contributed by atoms with Crippen molar-refractivity contribution in [2.45, 2.75) is 0 Å². The molecule has 2 aromatic rings. The van der Waals surface area contributed by atoms with Gasteiger partial charge in [0.1, 0.15) is 5.69 Å². The number of benzene rings is 1. The molecule has 134 valence electrons. The van der Waals surface area contributed by atoms with Crippen molar-refractivity contribution in [2.24, 2.45) is 0 Å². The molecule has 0 bridgehead atoms. The number of rotatable bonds is 8. The molecule has 1 aromatic heterocycles. The molecule has 1 heterocycles. The number of aromatic nitrogens is 1. The van der Waals surface area contributed by atoms with Gasteiger partial charge in [0, 0.05) is 36.7 Å². The molecule has 0 unspecified atom stereocenters. The van der Waals surface area contributed by atoms with Crippen LogP contribution >= 0.6 is 0 Å². The quantitative estimate of drug-likeness (QED) is 0.765. The lowest BCUT2D eigenvalue weighted by Gasteiger charge is -2.12. The van der Waals surface area contributed by atoms with Crippen molar-refractivity contribution in [1.82, 2.24) is 9.88 Å².